The standard InChI is InChI=1S/C10H13FO/c1-3-10(12)8-4-7(2)5-9(11)6-8/h4-6,10,12H,3H2,1-2H3/t10-/m1/s1. The number of hydrogen-bond donors (Lipinski definition) is 1. The van der Waals surface area contributed by atoms with Gasteiger partial charge in [-0.25, -0.2) is 4.39 Å². The summed E-state index contributed by atoms with van der Waals surface area (Å²) in [7, 11) is 0. The van der Waals surface area contributed by atoms with E-state index in [1.54, 1.807) is 6.07 Å². The molecule has 66 valence electrons. The number of hydrogen-bond acceptors (Lipinski definition) is 1. The van der Waals surface area contributed by atoms with Crippen LogP contribution in [-0.4, -0.2) is 5.11 Å². The first-order valence-electron chi connectivity index (χ1n) is 4.08. The van der Waals surface area contributed by atoms with E-state index in [4.69, 9.17) is 0 Å². The van der Waals surface area contributed by atoms with Gasteiger partial charge in [0.2, 0.25) is 0 Å². The first kappa shape index (κ1) is 9.20. The van der Waals surface area contributed by atoms with E-state index >= 15 is 0 Å². The van der Waals surface area contributed by atoms with E-state index in [1.807, 2.05) is 13.8 Å². The Hall–Kier alpha value is -0.890. The van der Waals surface area contributed by atoms with Crippen molar-refractivity contribution < 1.29 is 9.50 Å². The second-order valence-electron chi connectivity index (χ2n) is 2.99. The van der Waals surface area contributed by atoms with Crippen molar-refractivity contribution in [2.75, 3.05) is 0 Å². The molecule has 1 rings (SSSR count). The third-order valence-electron chi connectivity index (χ3n) is 1.84. The molecule has 0 spiro atoms. The van der Waals surface area contributed by atoms with Gasteiger partial charge in [0.15, 0.2) is 0 Å². The van der Waals surface area contributed by atoms with Crippen LogP contribution >= 0.6 is 0 Å². The lowest BCUT2D eigenvalue weighted by atomic mass is 10.0. The summed E-state index contributed by atoms with van der Waals surface area (Å²) in [4.78, 5) is 0. The van der Waals surface area contributed by atoms with Crippen molar-refractivity contribution in [3.05, 3.63) is 35.1 Å². The largest absolute Gasteiger partial charge is 0.388 e. The highest BCUT2D eigenvalue weighted by Crippen LogP contribution is 2.18. The molecule has 0 saturated heterocycles. The molecular formula is C10H13FO. The molecule has 12 heavy (non-hydrogen) atoms. The fraction of sp³-hybridized carbons (Fsp3) is 0.400. The van der Waals surface area contributed by atoms with Crippen LogP contribution in [-0.2, 0) is 0 Å². The van der Waals surface area contributed by atoms with Gasteiger partial charge in [0.1, 0.15) is 5.82 Å². The van der Waals surface area contributed by atoms with Gasteiger partial charge in [0.05, 0.1) is 6.10 Å². The molecule has 0 heterocycles. The fourth-order valence-electron chi connectivity index (χ4n) is 1.19. The lowest BCUT2D eigenvalue weighted by Gasteiger charge is -2.08. The molecular weight excluding hydrogens is 155 g/mol. The molecule has 0 unspecified atom stereocenters. The summed E-state index contributed by atoms with van der Waals surface area (Å²) in [5.74, 6) is -0.280. The number of aryl methyl sites for hydroxylation is 1. The molecule has 0 bridgehead atoms. The van der Waals surface area contributed by atoms with Gasteiger partial charge in [-0.1, -0.05) is 13.0 Å². The number of rotatable bonds is 2. The van der Waals surface area contributed by atoms with Crippen molar-refractivity contribution in [1.82, 2.24) is 0 Å². The predicted octanol–water partition coefficient (Wildman–Crippen LogP) is 2.58. The maximum absolute atomic E-state index is 12.8. The van der Waals surface area contributed by atoms with Crippen LogP contribution in [0.15, 0.2) is 18.2 Å². The van der Waals surface area contributed by atoms with E-state index in [2.05, 4.69) is 0 Å². The van der Waals surface area contributed by atoms with Crippen molar-refractivity contribution in [2.45, 2.75) is 26.4 Å². The molecule has 1 N–H and O–H groups in total. The Morgan fingerprint density at radius 3 is 2.58 bits per heavy atom. The Kier molecular flexibility index (Phi) is 2.82. The van der Waals surface area contributed by atoms with Crippen LogP contribution in [0.4, 0.5) is 4.39 Å². The molecule has 0 aliphatic heterocycles. The van der Waals surface area contributed by atoms with Crippen molar-refractivity contribution in [2.24, 2.45) is 0 Å². The average Bonchev–Trinajstić information content (AvgIpc) is 2.01. The van der Waals surface area contributed by atoms with Gasteiger partial charge in [-0.05, 0) is 36.6 Å². The zero-order valence-corrected chi connectivity index (χ0v) is 7.34. The van der Waals surface area contributed by atoms with Gasteiger partial charge in [-0.15, -0.1) is 0 Å². The molecule has 0 aliphatic rings. The highest BCUT2D eigenvalue weighted by molar-refractivity contribution is 5.25. The first-order chi connectivity index (χ1) is 5.63. The lowest BCUT2D eigenvalue weighted by Crippen LogP contribution is -1.96. The van der Waals surface area contributed by atoms with Crippen LogP contribution in [0.25, 0.3) is 0 Å². The van der Waals surface area contributed by atoms with E-state index in [1.165, 1.54) is 12.1 Å². The highest BCUT2D eigenvalue weighted by atomic mass is 19.1. The van der Waals surface area contributed by atoms with Crippen LogP contribution in [0.1, 0.15) is 30.6 Å². The molecule has 2 heteroatoms. The molecule has 0 aromatic heterocycles. The van der Waals surface area contributed by atoms with Crippen LogP contribution < -0.4 is 0 Å². The van der Waals surface area contributed by atoms with E-state index in [9.17, 15) is 9.50 Å². The molecule has 1 atom stereocenters. The maximum atomic E-state index is 12.8. The molecule has 0 aliphatic carbocycles. The summed E-state index contributed by atoms with van der Waals surface area (Å²) in [6.45, 7) is 3.68. The minimum absolute atomic E-state index is 0.280. The van der Waals surface area contributed by atoms with E-state index in [0.717, 1.165) is 5.56 Å². The van der Waals surface area contributed by atoms with Gasteiger partial charge < -0.3 is 5.11 Å². The molecule has 1 aromatic rings. The molecule has 0 fully saturated rings. The van der Waals surface area contributed by atoms with Crippen molar-refractivity contribution in [3.8, 4) is 0 Å². The van der Waals surface area contributed by atoms with Gasteiger partial charge >= 0.3 is 0 Å². The lowest BCUT2D eigenvalue weighted by molar-refractivity contribution is 0.173. The Balaban J connectivity index is 3.00. The second kappa shape index (κ2) is 3.68. The number of halogens is 1. The average molecular weight is 168 g/mol. The van der Waals surface area contributed by atoms with E-state index in [-0.39, 0.29) is 5.82 Å². The van der Waals surface area contributed by atoms with Gasteiger partial charge in [0, 0.05) is 0 Å². The quantitative estimate of drug-likeness (QED) is 0.719. The smallest absolute Gasteiger partial charge is 0.123 e. The monoisotopic (exact) mass is 168 g/mol. The fourth-order valence-corrected chi connectivity index (χ4v) is 1.19. The maximum Gasteiger partial charge on any atom is 0.123 e. The molecule has 0 radical (unpaired) electrons. The highest BCUT2D eigenvalue weighted by Gasteiger charge is 2.05. The Bertz CT molecular complexity index is 250. The Morgan fingerprint density at radius 2 is 2.08 bits per heavy atom. The van der Waals surface area contributed by atoms with Crippen LogP contribution in [0, 0.1) is 12.7 Å². The van der Waals surface area contributed by atoms with Gasteiger partial charge in [0.25, 0.3) is 0 Å². The van der Waals surface area contributed by atoms with Gasteiger partial charge in [-0.3, -0.25) is 0 Å². The summed E-state index contributed by atoms with van der Waals surface area (Å²) in [6.07, 6.45) is 0.0718. The summed E-state index contributed by atoms with van der Waals surface area (Å²) < 4.78 is 12.8. The van der Waals surface area contributed by atoms with Crippen molar-refractivity contribution >= 4 is 0 Å². The first-order valence-corrected chi connectivity index (χ1v) is 4.08. The topological polar surface area (TPSA) is 20.2 Å². The predicted molar refractivity (Wildman–Crippen MR) is 46.4 cm³/mol. The minimum atomic E-state index is -0.542. The van der Waals surface area contributed by atoms with Crippen molar-refractivity contribution in [1.29, 1.82) is 0 Å². The Labute approximate surface area is 71.9 Å². The summed E-state index contributed by atoms with van der Waals surface area (Å²) in [6, 6.07) is 4.63. The molecule has 0 amide bonds. The number of aliphatic hydroxyl groups is 1. The third kappa shape index (κ3) is 2.05. The Morgan fingerprint density at radius 1 is 1.42 bits per heavy atom. The zero-order valence-electron chi connectivity index (χ0n) is 7.34. The summed E-state index contributed by atoms with van der Waals surface area (Å²) >= 11 is 0. The van der Waals surface area contributed by atoms with E-state index < -0.39 is 6.10 Å². The molecule has 1 aromatic carbocycles. The molecule has 0 saturated carbocycles. The van der Waals surface area contributed by atoms with Crippen LogP contribution in [0.2, 0.25) is 0 Å². The second-order valence-corrected chi connectivity index (χ2v) is 2.99. The third-order valence-corrected chi connectivity index (χ3v) is 1.84. The summed E-state index contributed by atoms with van der Waals surface area (Å²) in [5.41, 5.74) is 1.51. The SMILES string of the molecule is CC[C@@H](O)c1cc(C)cc(F)c1. The minimum Gasteiger partial charge on any atom is -0.388 e. The zero-order chi connectivity index (χ0) is 9.14. The normalized spacial score (nSPS) is 13.0. The molecule has 1 nitrogen and oxygen atoms in total. The van der Waals surface area contributed by atoms with Crippen LogP contribution in [0.3, 0.4) is 0 Å². The number of benzene rings is 1. The van der Waals surface area contributed by atoms with E-state index in [0.29, 0.717) is 12.0 Å². The number of aliphatic hydroxyl groups excluding tert-OH is 1. The van der Waals surface area contributed by atoms with Gasteiger partial charge in [-0.2, -0.15) is 0 Å². The van der Waals surface area contributed by atoms with Crippen LogP contribution in [0.5, 0.6) is 0 Å². The summed E-state index contributed by atoms with van der Waals surface area (Å²) in [5, 5.41) is 9.41. The van der Waals surface area contributed by atoms with Crippen molar-refractivity contribution in [3.63, 3.8) is 0 Å².